The minimum absolute atomic E-state index is 0.459. The van der Waals surface area contributed by atoms with Crippen molar-refractivity contribution in [3.8, 4) is 6.07 Å². The van der Waals surface area contributed by atoms with Crippen LogP contribution in [0, 0.1) is 11.3 Å². The van der Waals surface area contributed by atoms with Gasteiger partial charge in [0.1, 0.15) is 18.0 Å². The third-order valence-corrected chi connectivity index (χ3v) is 2.04. The smallest absolute Gasteiger partial charge is 0.131 e. The maximum atomic E-state index is 8.42. The van der Waals surface area contributed by atoms with E-state index >= 15 is 0 Å². The Morgan fingerprint density at radius 1 is 1.29 bits per heavy atom. The third-order valence-electron chi connectivity index (χ3n) is 2.04. The van der Waals surface area contributed by atoms with Crippen molar-refractivity contribution < 1.29 is 4.74 Å². The summed E-state index contributed by atoms with van der Waals surface area (Å²) in [7, 11) is 1.68. The van der Waals surface area contributed by atoms with Gasteiger partial charge < -0.3 is 15.4 Å². The molecule has 0 aliphatic rings. The first kappa shape index (κ1) is 13.2. The van der Waals surface area contributed by atoms with Crippen LogP contribution in [0.2, 0.25) is 0 Å². The summed E-state index contributed by atoms with van der Waals surface area (Å²) >= 11 is 0. The topological polar surface area (TPSA) is 82.9 Å². The molecule has 1 rings (SSSR count). The zero-order chi connectivity index (χ0) is 12.3. The van der Waals surface area contributed by atoms with Crippen molar-refractivity contribution in [2.45, 2.75) is 12.8 Å². The fraction of sp³-hybridized carbons (Fsp3) is 0.545. The highest BCUT2D eigenvalue weighted by molar-refractivity contribution is 5.46. The van der Waals surface area contributed by atoms with Crippen LogP contribution in [0.4, 0.5) is 11.6 Å². The Morgan fingerprint density at radius 3 is 2.65 bits per heavy atom. The minimum atomic E-state index is 0.459. The first-order valence-electron chi connectivity index (χ1n) is 5.52. The van der Waals surface area contributed by atoms with Crippen LogP contribution < -0.4 is 10.6 Å². The van der Waals surface area contributed by atoms with Gasteiger partial charge in [0.15, 0.2) is 0 Å². The Kier molecular flexibility index (Phi) is 6.44. The molecule has 0 aliphatic carbocycles. The molecule has 1 heterocycles. The molecule has 1 aromatic heterocycles. The monoisotopic (exact) mass is 235 g/mol. The molecule has 92 valence electrons. The average Bonchev–Trinajstić information content (AvgIpc) is 2.36. The van der Waals surface area contributed by atoms with Gasteiger partial charge in [-0.25, -0.2) is 9.97 Å². The largest absolute Gasteiger partial charge is 0.385 e. The number of rotatable bonds is 8. The molecule has 0 radical (unpaired) electrons. The number of nitriles is 1. The molecule has 0 spiro atoms. The van der Waals surface area contributed by atoms with Crippen molar-refractivity contribution in [1.82, 2.24) is 9.97 Å². The van der Waals surface area contributed by atoms with Gasteiger partial charge in [0.05, 0.1) is 12.5 Å². The van der Waals surface area contributed by atoms with Crippen LogP contribution in [0.3, 0.4) is 0 Å². The van der Waals surface area contributed by atoms with Gasteiger partial charge in [-0.1, -0.05) is 0 Å². The lowest BCUT2D eigenvalue weighted by atomic mass is 10.4. The van der Waals surface area contributed by atoms with Gasteiger partial charge in [-0.05, 0) is 6.42 Å². The zero-order valence-electron chi connectivity index (χ0n) is 9.94. The molecule has 0 saturated carbocycles. The number of anilines is 2. The summed E-state index contributed by atoms with van der Waals surface area (Å²) in [5.41, 5.74) is 0. The van der Waals surface area contributed by atoms with Gasteiger partial charge in [0.25, 0.3) is 0 Å². The maximum absolute atomic E-state index is 8.42. The van der Waals surface area contributed by atoms with Crippen LogP contribution in [0.5, 0.6) is 0 Å². The molecule has 6 heteroatoms. The molecule has 1 aromatic rings. The summed E-state index contributed by atoms with van der Waals surface area (Å²) in [4.78, 5) is 8.16. The van der Waals surface area contributed by atoms with E-state index in [2.05, 4.69) is 26.7 Å². The molecule has 0 aliphatic heterocycles. The van der Waals surface area contributed by atoms with Crippen molar-refractivity contribution in [1.29, 1.82) is 5.26 Å². The first-order chi connectivity index (χ1) is 8.36. The molecule has 0 atom stereocenters. The normalized spacial score (nSPS) is 9.65. The van der Waals surface area contributed by atoms with E-state index in [0.717, 1.165) is 31.2 Å². The van der Waals surface area contributed by atoms with Gasteiger partial charge >= 0.3 is 0 Å². The second-order valence-corrected chi connectivity index (χ2v) is 3.40. The number of ether oxygens (including phenoxy) is 1. The van der Waals surface area contributed by atoms with E-state index < -0.39 is 0 Å². The summed E-state index contributed by atoms with van der Waals surface area (Å²) in [6, 6.07) is 3.89. The predicted octanol–water partition coefficient (Wildman–Crippen LogP) is 1.25. The van der Waals surface area contributed by atoms with Crippen LogP contribution in [0.15, 0.2) is 12.4 Å². The van der Waals surface area contributed by atoms with Gasteiger partial charge in [-0.2, -0.15) is 5.26 Å². The van der Waals surface area contributed by atoms with Crippen LogP contribution in [0.25, 0.3) is 0 Å². The van der Waals surface area contributed by atoms with E-state index in [-0.39, 0.29) is 0 Å². The molecule has 0 aromatic carbocycles. The lowest BCUT2D eigenvalue weighted by Gasteiger charge is -2.07. The molecule has 2 N–H and O–H groups in total. The maximum Gasteiger partial charge on any atom is 0.131 e. The molecule has 0 saturated heterocycles. The summed E-state index contributed by atoms with van der Waals surface area (Å²) in [6.07, 6.45) is 2.88. The summed E-state index contributed by atoms with van der Waals surface area (Å²) in [5.74, 6) is 1.50. The second-order valence-electron chi connectivity index (χ2n) is 3.40. The number of nitrogens with one attached hydrogen (secondary N) is 2. The standard InChI is InChI=1S/C11H17N5O/c1-17-7-3-6-14-11-8-10(15-9-16-11)13-5-2-4-12/h8-9H,2-3,5-7H2,1H3,(H2,13,14,15,16). The van der Waals surface area contributed by atoms with Crippen molar-refractivity contribution >= 4 is 11.6 Å². The molecule has 0 unspecified atom stereocenters. The van der Waals surface area contributed by atoms with Crippen molar-refractivity contribution in [2.75, 3.05) is 37.4 Å². The molecule has 0 fully saturated rings. The Bertz CT molecular complexity index is 363. The fourth-order valence-electron chi connectivity index (χ4n) is 1.23. The highest BCUT2D eigenvalue weighted by Crippen LogP contribution is 2.08. The molecule has 17 heavy (non-hydrogen) atoms. The SMILES string of the molecule is COCCCNc1cc(NCCC#N)ncn1. The third kappa shape index (κ3) is 5.68. The van der Waals surface area contributed by atoms with Crippen molar-refractivity contribution in [3.05, 3.63) is 12.4 Å². The zero-order valence-corrected chi connectivity index (χ0v) is 9.94. The van der Waals surface area contributed by atoms with Crippen LogP contribution in [-0.2, 0) is 4.74 Å². The minimum Gasteiger partial charge on any atom is -0.385 e. The summed E-state index contributed by atoms with van der Waals surface area (Å²) in [5, 5.41) is 14.6. The van der Waals surface area contributed by atoms with E-state index in [1.807, 2.05) is 6.07 Å². The van der Waals surface area contributed by atoms with Gasteiger partial charge in [-0.3, -0.25) is 0 Å². The highest BCUT2D eigenvalue weighted by Gasteiger charge is 1.97. The van der Waals surface area contributed by atoms with Crippen LogP contribution >= 0.6 is 0 Å². The van der Waals surface area contributed by atoms with Crippen LogP contribution in [0.1, 0.15) is 12.8 Å². The molecule has 6 nitrogen and oxygen atoms in total. The Morgan fingerprint density at radius 2 is 2.00 bits per heavy atom. The molecule has 0 amide bonds. The van der Waals surface area contributed by atoms with Crippen molar-refractivity contribution in [2.24, 2.45) is 0 Å². The highest BCUT2D eigenvalue weighted by atomic mass is 16.5. The lowest BCUT2D eigenvalue weighted by molar-refractivity contribution is 0.198. The van der Waals surface area contributed by atoms with Gasteiger partial charge in [-0.15, -0.1) is 0 Å². The molecule has 0 bridgehead atoms. The van der Waals surface area contributed by atoms with Gasteiger partial charge in [0.2, 0.25) is 0 Å². The predicted molar refractivity (Wildman–Crippen MR) is 65.7 cm³/mol. The van der Waals surface area contributed by atoms with Crippen molar-refractivity contribution in [3.63, 3.8) is 0 Å². The lowest BCUT2D eigenvalue weighted by Crippen LogP contribution is -2.08. The Hall–Kier alpha value is -1.87. The van der Waals surface area contributed by atoms with E-state index in [9.17, 15) is 0 Å². The van der Waals surface area contributed by atoms with E-state index in [0.29, 0.717) is 13.0 Å². The average molecular weight is 235 g/mol. The number of hydrogen-bond donors (Lipinski definition) is 2. The van der Waals surface area contributed by atoms with E-state index in [1.54, 1.807) is 7.11 Å². The number of hydrogen-bond acceptors (Lipinski definition) is 6. The molecular formula is C11H17N5O. The van der Waals surface area contributed by atoms with E-state index in [1.165, 1.54) is 6.33 Å². The Labute approximate surface area is 101 Å². The quantitative estimate of drug-likeness (QED) is 0.660. The fourth-order valence-corrected chi connectivity index (χ4v) is 1.23. The second kappa shape index (κ2) is 8.30. The number of methoxy groups -OCH3 is 1. The number of aromatic nitrogens is 2. The van der Waals surface area contributed by atoms with Crippen LogP contribution in [-0.4, -0.2) is 36.8 Å². The Balaban J connectivity index is 2.34. The van der Waals surface area contributed by atoms with E-state index in [4.69, 9.17) is 10.00 Å². The summed E-state index contributed by atoms with van der Waals surface area (Å²) in [6.45, 7) is 2.13. The number of nitrogens with zero attached hydrogens (tertiary/aromatic N) is 3. The molecular weight excluding hydrogens is 218 g/mol. The van der Waals surface area contributed by atoms with Gasteiger partial charge in [0, 0.05) is 32.9 Å². The first-order valence-corrected chi connectivity index (χ1v) is 5.52. The summed E-state index contributed by atoms with van der Waals surface area (Å²) < 4.78 is 4.95.